The van der Waals surface area contributed by atoms with E-state index in [2.05, 4.69) is 21.0 Å². The Morgan fingerprint density at radius 2 is 2.16 bits per heavy atom. The molecule has 0 atom stereocenters. The fraction of sp³-hybridized carbons (Fsp3) is 0.0769. The van der Waals surface area contributed by atoms with Crippen LogP contribution in [0.4, 0.5) is 0 Å². The van der Waals surface area contributed by atoms with Crippen molar-refractivity contribution in [3.8, 4) is 5.69 Å². The van der Waals surface area contributed by atoms with Gasteiger partial charge in [0.2, 0.25) is 0 Å². The third kappa shape index (κ3) is 1.97. The molecule has 1 aromatic carbocycles. The molecule has 1 N–H and O–H groups in total. The van der Waals surface area contributed by atoms with E-state index in [1.54, 1.807) is 10.7 Å². The highest BCUT2D eigenvalue weighted by Gasteiger charge is 2.17. The van der Waals surface area contributed by atoms with Crippen molar-refractivity contribution in [3.63, 3.8) is 0 Å². The number of rotatable bonds is 2. The summed E-state index contributed by atoms with van der Waals surface area (Å²) in [6, 6.07) is 9.41. The first kappa shape index (κ1) is 12.4. The van der Waals surface area contributed by atoms with E-state index in [4.69, 9.17) is 5.11 Å². The van der Waals surface area contributed by atoms with Gasteiger partial charge in [-0.05, 0) is 41.1 Å². The van der Waals surface area contributed by atoms with Crippen LogP contribution in [0.3, 0.4) is 0 Å². The number of thiophene rings is 1. The van der Waals surface area contributed by atoms with E-state index in [-0.39, 0.29) is 0 Å². The monoisotopic (exact) mass is 336 g/mol. The number of hydrogen-bond donors (Lipinski definition) is 1. The van der Waals surface area contributed by atoms with Crippen molar-refractivity contribution in [2.45, 2.75) is 6.92 Å². The SMILES string of the molecule is Cc1nn(-c2ccccc2Br)c2sc(C(=O)O)cc12. The largest absolute Gasteiger partial charge is 0.477 e. The zero-order chi connectivity index (χ0) is 13.6. The third-order valence-electron chi connectivity index (χ3n) is 2.84. The van der Waals surface area contributed by atoms with Crippen LogP contribution < -0.4 is 0 Å². The Labute approximate surface area is 121 Å². The average Bonchev–Trinajstić information content (AvgIpc) is 2.92. The molecule has 2 heterocycles. The van der Waals surface area contributed by atoms with Crippen molar-refractivity contribution in [1.82, 2.24) is 9.78 Å². The summed E-state index contributed by atoms with van der Waals surface area (Å²) in [7, 11) is 0. The maximum atomic E-state index is 11.1. The number of hydrogen-bond acceptors (Lipinski definition) is 3. The molecule has 0 radical (unpaired) electrons. The average molecular weight is 337 g/mol. The number of carbonyl (C=O) groups is 1. The smallest absolute Gasteiger partial charge is 0.345 e. The van der Waals surface area contributed by atoms with Crippen LogP contribution in [0.25, 0.3) is 15.9 Å². The molecule has 0 aliphatic heterocycles. The van der Waals surface area contributed by atoms with E-state index in [0.29, 0.717) is 4.88 Å². The van der Waals surface area contributed by atoms with E-state index < -0.39 is 5.97 Å². The second kappa shape index (κ2) is 4.47. The summed E-state index contributed by atoms with van der Waals surface area (Å²) in [5, 5.41) is 14.5. The first-order valence-electron chi connectivity index (χ1n) is 5.55. The van der Waals surface area contributed by atoms with Crippen LogP contribution in [-0.4, -0.2) is 20.9 Å². The Kier molecular flexibility index (Phi) is 2.91. The van der Waals surface area contributed by atoms with Crippen molar-refractivity contribution in [2.75, 3.05) is 0 Å². The summed E-state index contributed by atoms with van der Waals surface area (Å²) in [6.07, 6.45) is 0. The summed E-state index contributed by atoms with van der Waals surface area (Å²) in [6.45, 7) is 1.88. The minimum absolute atomic E-state index is 0.330. The maximum Gasteiger partial charge on any atom is 0.345 e. The minimum Gasteiger partial charge on any atom is -0.477 e. The third-order valence-corrected chi connectivity index (χ3v) is 4.61. The normalized spacial score (nSPS) is 11.1. The molecule has 0 unspecified atom stereocenters. The summed E-state index contributed by atoms with van der Waals surface area (Å²) >= 11 is 4.73. The molecule has 4 nitrogen and oxygen atoms in total. The van der Waals surface area contributed by atoms with Gasteiger partial charge in [0.25, 0.3) is 0 Å². The highest BCUT2D eigenvalue weighted by atomic mass is 79.9. The Hall–Kier alpha value is -1.66. The molecule has 3 rings (SSSR count). The topological polar surface area (TPSA) is 55.1 Å². The Balaban J connectivity index is 2.30. The molecule has 3 aromatic rings. The number of nitrogens with zero attached hydrogens (tertiary/aromatic N) is 2. The van der Waals surface area contributed by atoms with Gasteiger partial charge in [-0.25, -0.2) is 9.48 Å². The number of halogens is 1. The van der Waals surface area contributed by atoms with Crippen LogP contribution in [-0.2, 0) is 0 Å². The van der Waals surface area contributed by atoms with E-state index in [0.717, 1.165) is 26.1 Å². The van der Waals surface area contributed by atoms with Gasteiger partial charge in [-0.2, -0.15) is 5.10 Å². The van der Waals surface area contributed by atoms with E-state index in [9.17, 15) is 4.79 Å². The first-order chi connectivity index (χ1) is 9.08. The molecule has 6 heteroatoms. The molecule has 0 saturated carbocycles. The molecular weight excluding hydrogens is 328 g/mol. The lowest BCUT2D eigenvalue weighted by Gasteiger charge is -2.04. The molecule has 0 saturated heterocycles. The molecule has 19 heavy (non-hydrogen) atoms. The van der Waals surface area contributed by atoms with E-state index >= 15 is 0 Å². The molecule has 0 amide bonds. The number of aromatic nitrogens is 2. The van der Waals surface area contributed by atoms with Crippen LogP contribution in [0.15, 0.2) is 34.8 Å². The van der Waals surface area contributed by atoms with Gasteiger partial charge in [-0.15, -0.1) is 11.3 Å². The first-order valence-corrected chi connectivity index (χ1v) is 7.16. The van der Waals surface area contributed by atoms with Crippen LogP contribution in [0.5, 0.6) is 0 Å². The van der Waals surface area contributed by atoms with Crippen LogP contribution in [0.1, 0.15) is 15.4 Å². The van der Waals surface area contributed by atoms with Crippen molar-refractivity contribution in [3.05, 3.63) is 45.4 Å². The molecular formula is C13H9BrN2O2S. The zero-order valence-electron chi connectivity index (χ0n) is 9.92. The van der Waals surface area contributed by atoms with Crippen molar-refractivity contribution >= 4 is 43.5 Å². The highest BCUT2D eigenvalue weighted by molar-refractivity contribution is 9.10. The van der Waals surface area contributed by atoms with Crippen molar-refractivity contribution < 1.29 is 9.90 Å². The molecule has 0 aliphatic rings. The van der Waals surface area contributed by atoms with Gasteiger partial charge in [0, 0.05) is 9.86 Å². The lowest BCUT2D eigenvalue weighted by molar-refractivity contribution is 0.0702. The number of fused-ring (bicyclic) bond motifs is 1. The number of benzene rings is 1. The number of carboxylic acids is 1. The number of carboxylic acid groups (broad SMARTS) is 1. The molecule has 0 aliphatic carbocycles. The summed E-state index contributed by atoms with van der Waals surface area (Å²) in [5.74, 6) is -0.903. The standard InChI is InChI=1S/C13H9BrN2O2S/c1-7-8-6-11(13(17)18)19-12(8)16(15-7)10-5-3-2-4-9(10)14/h2-6H,1H3,(H,17,18). The van der Waals surface area contributed by atoms with E-state index in [1.807, 2.05) is 31.2 Å². The fourth-order valence-electron chi connectivity index (χ4n) is 1.94. The van der Waals surface area contributed by atoms with Crippen molar-refractivity contribution in [1.29, 1.82) is 0 Å². The Morgan fingerprint density at radius 1 is 1.42 bits per heavy atom. The van der Waals surface area contributed by atoms with Crippen LogP contribution in [0, 0.1) is 6.92 Å². The van der Waals surface area contributed by atoms with Gasteiger partial charge in [-0.1, -0.05) is 12.1 Å². The van der Waals surface area contributed by atoms with Gasteiger partial charge in [0.15, 0.2) is 0 Å². The Morgan fingerprint density at radius 3 is 2.84 bits per heavy atom. The van der Waals surface area contributed by atoms with Gasteiger partial charge in [0.05, 0.1) is 11.4 Å². The van der Waals surface area contributed by atoms with Crippen molar-refractivity contribution in [2.24, 2.45) is 0 Å². The Bertz CT molecular complexity index is 791. The van der Waals surface area contributed by atoms with Crippen LogP contribution in [0.2, 0.25) is 0 Å². The zero-order valence-corrected chi connectivity index (χ0v) is 12.3. The molecule has 96 valence electrons. The molecule has 2 aromatic heterocycles. The summed E-state index contributed by atoms with van der Waals surface area (Å²) in [5.41, 5.74) is 1.73. The second-order valence-electron chi connectivity index (χ2n) is 4.08. The molecule has 0 fully saturated rings. The van der Waals surface area contributed by atoms with E-state index in [1.165, 1.54) is 11.3 Å². The number of aryl methyl sites for hydroxylation is 1. The quantitative estimate of drug-likeness (QED) is 0.773. The summed E-state index contributed by atoms with van der Waals surface area (Å²) in [4.78, 5) is 12.2. The summed E-state index contributed by atoms with van der Waals surface area (Å²) < 4.78 is 2.70. The molecule has 0 spiro atoms. The minimum atomic E-state index is -0.903. The lowest BCUT2D eigenvalue weighted by atomic mass is 10.3. The van der Waals surface area contributed by atoms with Gasteiger partial charge >= 0.3 is 5.97 Å². The molecule has 0 bridgehead atoms. The number of para-hydroxylation sites is 1. The fourth-order valence-corrected chi connectivity index (χ4v) is 3.41. The van der Waals surface area contributed by atoms with Gasteiger partial charge in [-0.3, -0.25) is 0 Å². The van der Waals surface area contributed by atoms with Gasteiger partial charge < -0.3 is 5.11 Å². The second-order valence-corrected chi connectivity index (χ2v) is 5.97. The predicted molar refractivity (Wildman–Crippen MR) is 78.3 cm³/mol. The number of aromatic carboxylic acids is 1. The van der Waals surface area contributed by atoms with Gasteiger partial charge in [0.1, 0.15) is 9.71 Å². The van der Waals surface area contributed by atoms with Crippen LogP contribution >= 0.6 is 27.3 Å². The lowest BCUT2D eigenvalue weighted by Crippen LogP contribution is -1.97. The predicted octanol–water partition coefficient (Wildman–Crippen LogP) is 3.86. The maximum absolute atomic E-state index is 11.1. The highest BCUT2D eigenvalue weighted by Crippen LogP contribution is 2.32.